The van der Waals surface area contributed by atoms with Crippen molar-refractivity contribution in [3.8, 4) is 0 Å². The van der Waals surface area contributed by atoms with Gasteiger partial charge in [0.05, 0.1) is 5.69 Å². The van der Waals surface area contributed by atoms with E-state index in [9.17, 15) is 4.79 Å². The SMILES string of the molecule is Cl.O=C(CCC1CCCN1)Nc1nc(C2CC2)cs1. The van der Waals surface area contributed by atoms with Crippen molar-refractivity contribution in [3.63, 3.8) is 0 Å². The molecule has 2 N–H and O–H groups in total. The van der Waals surface area contributed by atoms with Crippen LogP contribution in [0.25, 0.3) is 0 Å². The summed E-state index contributed by atoms with van der Waals surface area (Å²) in [6.45, 7) is 1.10. The summed E-state index contributed by atoms with van der Waals surface area (Å²) in [5, 5.41) is 9.16. The molecule has 2 heterocycles. The lowest BCUT2D eigenvalue weighted by Crippen LogP contribution is -2.23. The maximum absolute atomic E-state index is 11.8. The van der Waals surface area contributed by atoms with Gasteiger partial charge in [0.25, 0.3) is 0 Å². The first-order chi connectivity index (χ1) is 8.81. The van der Waals surface area contributed by atoms with Gasteiger partial charge >= 0.3 is 0 Å². The molecule has 1 amide bonds. The Morgan fingerprint density at radius 3 is 3.00 bits per heavy atom. The van der Waals surface area contributed by atoms with Crippen LogP contribution in [0.3, 0.4) is 0 Å². The van der Waals surface area contributed by atoms with Gasteiger partial charge in [-0.3, -0.25) is 4.79 Å². The molecule has 106 valence electrons. The highest BCUT2D eigenvalue weighted by Gasteiger charge is 2.26. The molecule has 1 saturated carbocycles. The molecule has 0 spiro atoms. The van der Waals surface area contributed by atoms with Crippen molar-refractivity contribution >= 4 is 34.8 Å². The van der Waals surface area contributed by atoms with Crippen molar-refractivity contribution in [2.24, 2.45) is 0 Å². The Balaban J connectivity index is 0.00000133. The molecule has 1 atom stereocenters. The Bertz CT molecular complexity index is 427. The zero-order valence-electron chi connectivity index (χ0n) is 10.9. The molecular weight excluding hydrogens is 282 g/mol. The van der Waals surface area contributed by atoms with Crippen LogP contribution < -0.4 is 10.6 Å². The molecule has 1 aromatic rings. The molecule has 0 aromatic carbocycles. The number of hydrogen-bond donors (Lipinski definition) is 2. The second-order valence-electron chi connectivity index (χ2n) is 5.23. The summed E-state index contributed by atoms with van der Waals surface area (Å²) < 4.78 is 0. The Morgan fingerprint density at radius 1 is 1.47 bits per heavy atom. The van der Waals surface area contributed by atoms with Crippen molar-refractivity contribution in [2.75, 3.05) is 11.9 Å². The Morgan fingerprint density at radius 2 is 2.32 bits per heavy atom. The minimum Gasteiger partial charge on any atom is -0.314 e. The molecule has 0 radical (unpaired) electrons. The summed E-state index contributed by atoms with van der Waals surface area (Å²) in [5.74, 6) is 0.759. The highest BCUT2D eigenvalue weighted by atomic mass is 35.5. The molecule has 3 rings (SSSR count). The summed E-state index contributed by atoms with van der Waals surface area (Å²) in [4.78, 5) is 16.3. The molecule has 1 aliphatic carbocycles. The molecular formula is C13H20ClN3OS. The highest BCUT2D eigenvalue weighted by Crippen LogP contribution is 2.40. The first kappa shape index (κ1) is 14.8. The maximum Gasteiger partial charge on any atom is 0.226 e. The average Bonchev–Trinajstić information content (AvgIpc) is 2.90. The number of rotatable bonds is 5. The van der Waals surface area contributed by atoms with Gasteiger partial charge in [0.1, 0.15) is 0 Å². The monoisotopic (exact) mass is 301 g/mol. The first-order valence-electron chi connectivity index (χ1n) is 6.80. The van der Waals surface area contributed by atoms with Gasteiger partial charge in [-0.15, -0.1) is 23.7 Å². The zero-order chi connectivity index (χ0) is 12.4. The van der Waals surface area contributed by atoms with Gasteiger partial charge < -0.3 is 10.6 Å². The molecule has 1 aliphatic heterocycles. The van der Waals surface area contributed by atoms with Gasteiger partial charge in [-0.2, -0.15) is 0 Å². The number of amides is 1. The fraction of sp³-hybridized carbons (Fsp3) is 0.692. The third-order valence-corrected chi connectivity index (χ3v) is 4.42. The number of aromatic nitrogens is 1. The van der Waals surface area contributed by atoms with E-state index in [1.54, 1.807) is 11.3 Å². The van der Waals surface area contributed by atoms with E-state index in [0.29, 0.717) is 18.4 Å². The molecule has 1 saturated heterocycles. The van der Waals surface area contributed by atoms with Gasteiger partial charge in [0, 0.05) is 23.8 Å². The third kappa shape index (κ3) is 4.16. The Labute approximate surface area is 123 Å². The molecule has 6 heteroatoms. The van der Waals surface area contributed by atoms with Crippen LogP contribution in [-0.4, -0.2) is 23.5 Å². The van der Waals surface area contributed by atoms with Gasteiger partial charge in [0.15, 0.2) is 5.13 Å². The lowest BCUT2D eigenvalue weighted by atomic mass is 10.1. The van der Waals surface area contributed by atoms with Gasteiger partial charge in [-0.25, -0.2) is 4.98 Å². The quantitative estimate of drug-likeness (QED) is 0.879. The predicted octanol–water partition coefficient (Wildman–Crippen LogP) is 2.91. The number of carbonyl (C=O) groups is 1. The highest BCUT2D eigenvalue weighted by molar-refractivity contribution is 7.13. The van der Waals surface area contributed by atoms with Crippen LogP contribution in [0, 0.1) is 0 Å². The fourth-order valence-electron chi connectivity index (χ4n) is 2.40. The van der Waals surface area contributed by atoms with Crippen LogP contribution in [0.2, 0.25) is 0 Å². The summed E-state index contributed by atoms with van der Waals surface area (Å²) in [7, 11) is 0. The van der Waals surface area contributed by atoms with E-state index in [1.165, 1.54) is 25.7 Å². The zero-order valence-corrected chi connectivity index (χ0v) is 12.5. The minimum atomic E-state index is 0. The molecule has 4 nitrogen and oxygen atoms in total. The minimum absolute atomic E-state index is 0. The second kappa shape index (κ2) is 6.68. The van der Waals surface area contributed by atoms with Crippen LogP contribution in [0.4, 0.5) is 5.13 Å². The van der Waals surface area contributed by atoms with Crippen molar-refractivity contribution in [3.05, 3.63) is 11.1 Å². The summed E-state index contributed by atoms with van der Waals surface area (Å²) in [6.07, 6.45) is 6.48. The van der Waals surface area contributed by atoms with Gasteiger partial charge in [-0.05, 0) is 38.6 Å². The summed E-state index contributed by atoms with van der Waals surface area (Å²) >= 11 is 1.55. The van der Waals surface area contributed by atoms with Crippen molar-refractivity contribution in [1.82, 2.24) is 10.3 Å². The topological polar surface area (TPSA) is 54.0 Å². The van der Waals surface area contributed by atoms with E-state index < -0.39 is 0 Å². The van der Waals surface area contributed by atoms with E-state index >= 15 is 0 Å². The van der Waals surface area contributed by atoms with E-state index in [4.69, 9.17) is 0 Å². The van der Waals surface area contributed by atoms with Crippen molar-refractivity contribution in [2.45, 2.75) is 50.5 Å². The van der Waals surface area contributed by atoms with E-state index in [0.717, 1.165) is 23.8 Å². The van der Waals surface area contributed by atoms with Crippen LogP contribution in [-0.2, 0) is 4.79 Å². The van der Waals surface area contributed by atoms with E-state index in [1.807, 2.05) is 0 Å². The fourth-order valence-corrected chi connectivity index (χ4v) is 3.21. The number of nitrogens with zero attached hydrogens (tertiary/aromatic N) is 1. The average molecular weight is 302 g/mol. The lowest BCUT2D eigenvalue weighted by Gasteiger charge is -2.08. The third-order valence-electron chi connectivity index (χ3n) is 3.65. The molecule has 1 unspecified atom stereocenters. The number of hydrogen-bond acceptors (Lipinski definition) is 4. The second-order valence-corrected chi connectivity index (χ2v) is 6.09. The van der Waals surface area contributed by atoms with Crippen LogP contribution in [0.1, 0.15) is 50.1 Å². The predicted molar refractivity (Wildman–Crippen MR) is 80.2 cm³/mol. The normalized spacial score (nSPS) is 22.0. The number of carbonyl (C=O) groups excluding carboxylic acids is 1. The summed E-state index contributed by atoms with van der Waals surface area (Å²) in [6, 6.07) is 0.536. The smallest absolute Gasteiger partial charge is 0.226 e. The number of nitrogens with one attached hydrogen (secondary N) is 2. The number of halogens is 1. The first-order valence-corrected chi connectivity index (χ1v) is 7.68. The van der Waals surface area contributed by atoms with Gasteiger partial charge in [-0.1, -0.05) is 0 Å². The van der Waals surface area contributed by atoms with Crippen molar-refractivity contribution in [1.29, 1.82) is 0 Å². The van der Waals surface area contributed by atoms with E-state index in [-0.39, 0.29) is 18.3 Å². The van der Waals surface area contributed by atoms with Crippen LogP contribution >= 0.6 is 23.7 Å². The molecule has 1 aromatic heterocycles. The Hall–Kier alpha value is -0.650. The van der Waals surface area contributed by atoms with Crippen LogP contribution in [0.15, 0.2) is 5.38 Å². The molecule has 19 heavy (non-hydrogen) atoms. The standard InChI is InChI=1S/C13H19N3OS.ClH/c17-12(6-5-10-2-1-7-14-10)16-13-15-11(8-18-13)9-3-4-9;/h8-10,14H,1-7H2,(H,15,16,17);1H. The largest absolute Gasteiger partial charge is 0.314 e. The Kier molecular flexibility index (Phi) is 5.19. The molecule has 2 aliphatic rings. The summed E-state index contributed by atoms with van der Waals surface area (Å²) in [5.41, 5.74) is 1.16. The maximum atomic E-state index is 11.8. The van der Waals surface area contributed by atoms with Crippen LogP contribution in [0.5, 0.6) is 0 Å². The molecule has 2 fully saturated rings. The van der Waals surface area contributed by atoms with Gasteiger partial charge in [0.2, 0.25) is 5.91 Å². The van der Waals surface area contributed by atoms with Crippen molar-refractivity contribution < 1.29 is 4.79 Å². The molecule has 0 bridgehead atoms. The number of anilines is 1. The lowest BCUT2D eigenvalue weighted by molar-refractivity contribution is -0.116. The van der Waals surface area contributed by atoms with E-state index in [2.05, 4.69) is 21.0 Å². The number of thiazole rings is 1.